The van der Waals surface area contributed by atoms with Crippen molar-refractivity contribution in [3.8, 4) is 0 Å². The summed E-state index contributed by atoms with van der Waals surface area (Å²) in [6.45, 7) is 1.85. The zero-order valence-corrected chi connectivity index (χ0v) is 10.1. The molecule has 0 aliphatic heterocycles. The molecule has 1 aromatic heterocycles. The molecule has 0 fully saturated rings. The van der Waals surface area contributed by atoms with Gasteiger partial charge in [-0.3, -0.25) is 5.84 Å². The molecule has 0 amide bonds. The van der Waals surface area contributed by atoms with Crippen LogP contribution in [-0.2, 0) is 0 Å². The van der Waals surface area contributed by atoms with Crippen LogP contribution >= 0.6 is 11.6 Å². The second kappa shape index (κ2) is 5.23. The highest BCUT2D eigenvalue weighted by molar-refractivity contribution is 6.30. The van der Waals surface area contributed by atoms with Crippen molar-refractivity contribution in [2.24, 2.45) is 5.84 Å². The fraction of sp³-hybridized carbons (Fsp3) is 0.167. The third kappa shape index (κ3) is 2.79. The lowest BCUT2D eigenvalue weighted by molar-refractivity contribution is 0.616. The van der Waals surface area contributed by atoms with Gasteiger partial charge in [0.25, 0.3) is 0 Å². The Kier molecular flexibility index (Phi) is 3.68. The van der Waals surface area contributed by atoms with Crippen molar-refractivity contribution in [1.82, 2.24) is 15.4 Å². The summed E-state index contributed by atoms with van der Waals surface area (Å²) in [4.78, 5) is 8.42. The minimum absolute atomic E-state index is 0.158. The fourth-order valence-corrected chi connectivity index (χ4v) is 1.77. The lowest BCUT2D eigenvalue weighted by Gasteiger charge is -2.16. The standard InChI is InChI=1S/C12H13ClN4/c1-8-15-7-6-11(16-8)12(17-14)9-2-4-10(13)5-3-9/h2-7,12,17H,14H2,1H3. The van der Waals surface area contributed by atoms with Crippen LogP contribution in [0.5, 0.6) is 0 Å². The summed E-state index contributed by atoms with van der Waals surface area (Å²) in [7, 11) is 0. The first-order valence-electron chi connectivity index (χ1n) is 5.22. The van der Waals surface area contributed by atoms with Gasteiger partial charge in [-0.25, -0.2) is 15.4 Å². The Labute approximate surface area is 105 Å². The van der Waals surface area contributed by atoms with Gasteiger partial charge in [0.1, 0.15) is 5.82 Å². The molecule has 0 spiro atoms. The molecule has 1 atom stereocenters. The highest BCUT2D eigenvalue weighted by Gasteiger charge is 2.13. The van der Waals surface area contributed by atoms with Crippen LogP contribution in [0, 0.1) is 6.92 Å². The van der Waals surface area contributed by atoms with Crippen LogP contribution in [-0.4, -0.2) is 9.97 Å². The summed E-state index contributed by atoms with van der Waals surface area (Å²) in [6.07, 6.45) is 1.72. The van der Waals surface area contributed by atoms with E-state index in [9.17, 15) is 0 Å². The molecule has 1 aromatic carbocycles. The van der Waals surface area contributed by atoms with E-state index in [1.807, 2.05) is 37.3 Å². The molecule has 5 heteroatoms. The van der Waals surface area contributed by atoms with Crippen molar-refractivity contribution < 1.29 is 0 Å². The van der Waals surface area contributed by atoms with E-state index < -0.39 is 0 Å². The highest BCUT2D eigenvalue weighted by atomic mass is 35.5. The van der Waals surface area contributed by atoms with Gasteiger partial charge in [-0.1, -0.05) is 23.7 Å². The number of nitrogens with one attached hydrogen (secondary N) is 1. The Balaban J connectivity index is 2.36. The quantitative estimate of drug-likeness (QED) is 0.644. The molecule has 2 rings (SSSR count). The van der Waals surface area contributed by atoms with Gasteiger partial charge < -0.3 is 0 Å². The zero-order valence-electron chi connectivity index (χ0n) is 9.39. The van der Waals surface area contributed by atoms with E-state index in [0.717, 1.165) is 17.1 Å². The SMILES string of the molecule is Cc1nccc(C(NN)c2ccc(Cl)cc2)n1. The predicted molar refractivity (Wildman–Crippen MR) is 67.4 cm³/mol. The number of hydrogen-bond acceptors (Lipinski definition) is 4. The molecule has 2 aromatic rings. The lowest BCUT2D eigenvalue weighted by atomic mass is 10.0. The van der Waals surface area contributed by atoms with Crippen molar-refractivity contribution in [3.05, 3.63) is 58.6 Å². The second-order valence-electron chi connectivity index (χ2n) is 3.68. The van der Waals surface area contributed by atoms with Gasteiger partial charge in [0, 0.05) is 11.2 Å². The maximum Gasteiger partial charge on any atom is 0.125 e. The first-order valence-corrected chi connectivity index (χ1v) is 5.59. The van der Waals surface area contributed by atoms with Crippen LogP contribution in [0.4, 0.5) is 0 Å². The topological polar surface area (TPSA) is 63.8 Å². The summed E-state index contributed by atoms with van der Waals surface area (Å²) in [6, 6.07) is 9.18. The minimum Gasteiger partial charge on any atom is -0.271 e. The Morgan fingerprint density at radius 3 is 2.53 bits per heavy atom. The number of rotatable bonds is 3. The number of halogens is 1. The fourth-order valence-electron chi connectivity index (χ4n) is 1.64. The molecule has 4 nitrogen and oxygen atoms in total. The molecular weight excluding hydrogens is 236 g/mol. The average molecular weight is 249 g/mol. The van der Waals surface area contributed by atoms with E-state index in [4.69, 9.17) is 17.4 Å². The van der Waals surface area contributed by atoms with Crippen LogP contribution in [0.1, 0.15) is 23.1 Å². The van der Waals surface area contributed by atoms with Crippen LogP contribution in [0.25, 0.3) is 0 Å². The molecule has 1 unspecified atom stereocenters. The summed E-state index contributed by atoms with van der Waals surface area (Å²) < 4.78 is 0. The Morgan fingerprint density at radius 2 is 1.94 bits per heavy atom. The molecule has 88 valence electrons. The Hall–Kier alpha value is -1.49. The molecule has 0 bridgehead atoms. The Bertz CT molecular complexity index is 498. The van der Waals surface area contributed by atoms with Gasteiger partial charge in [-0.05, 0) is 30.7 Å². The third-order valence-corrected chi connectivity index (χ3v) is 2.72. The van der Waals surface area contributed by atoms with E-state index in [1.54, 1.807) is 6.20 Å². The first-order chi connectivity index (χ1) is 8.20. The van der Waals surface area contributed by atoms with E-state index in [1.165, 1.54) is 0 Å². The van der Waals surface area contributed by atoms with Crippen molar-refractivity contribution in [2.75, 3.05) is 0 Å². The molecule has 0 saturated carbocycles. The van der Waals surface area contributed by atoms with Crippen molar-refractivity contribution in [1.29, 1.82) is 0 Å². The van der Waals surface area contributed by atoms with Crippen LogP contribution in [0.3, 0.4) is 0 Å². The number of nitrogens with two attached hydrogens (primary N) is 1. The van der Waals surface area contributed by atoms with Crippen LogP contribution in [0.15, 0.2) is 36.5 Å². The van der Waals surface area contributed by atoms with Gasteiger partial charge in [-0.15, -0.1) is 0 Å². The third-order valence-electron chi connectivity index (χ3n) is 2.46. The van der Waals surface area contributed by atoms with E-state index >= 15 is 0 Å². The van der Waals surface area contributed by atoms with Gasteiger partial charge in [0.05, 0.1) is 11.7 Å². The van der Waals surface area contributed by atoms with Crippen molar-refractivity contribution in [3.63, 3.8) is 0 Å². The van der Waals surface area contributed by atoms with E-state index in [2.05, 4.69) is 15.4 Å². The number of nitrogens with zero attached hydrogens (tertiary/aromatic N) is 2. The van der Waals surface area contributed by atoms with Crippen LogP contribution < -0.4 is 11.3 Å². The number of hydrogen-bond donors (Lipinski definition) is 2. The Morgan fingerprint density at radius 1 is 1.24 bits per heavy atom. The van der Waals surface area contributed by atoms with Crippen molar-refractivity contribution >= 4 is 11.6 Å². The molecule has 17 heavy (non-hydrogen) atoms. The summed E-state index contributed by atoms with van der Waals surface area (Å²) in [5, 5.41) is 0.698. The molecule has 1 heterocycles. The average Bonchev–Trinajstić information content (AvgIpc) is 2.33. The zero-order chi connectivity index (χ0) is 12.3. The number of aromatic nitrogens is 2. The van der Waals surface area contributed by atoms with Gasteiger partial charge in [-0.2, -0.15) is 0 Å². The van der Waals surface area contributed by atoms with E-state index in [-0.39, 0.29) is 6.04 Å². The molecule has 0 aliphatic rings. The summed E-state index contributed by atoms with van der Waals surface area (Å²) in [5.41, 5.74) is 4.59. The number of aryl methyl sites for hydroxylation is 1. The number of benzene rings is 1. The second-order valence-corrected chi connectivity index (χ2v) is 4.12. The minimum atomic E-state index is -0.158. The van der Waals surface area contributed by atoms with Gasteiger partial charge in [0.2, 0.25) is 0 Å². The summed E-state index contributed by atoms with van der Waals surface area (Å²) in [5.74, 6) is 6.30. The maximum absolute atomic E-state index is 5.85. The highest BCUT2D eigenvalue weighted by Crippen LogP contribution is 2.21. The van der Waals surface area contributed by atoms with E-state index in [0.29, 0.717) is 5.02 Å². The monoisotopic (exact) mass is 248 g/mol. The number of hydrazine groups is 1. The molecule has 3 N–H and O–H groups in total. The first kappa shape index (κ1) is 12.0. The van der Waals surface area contributed by atoms with Gasteiger partial charge >= 0.3 is 0 Å². The lowest BCUT2D eigenvalue weighted by Crippen LogP contribution is -2.29. The summed E-state index contributed by atoms with van der Waals surface area (Å²) >= 11 is 5.85. The van der Waals surface area contributed by atoms with Crippen molar-refractivity contribution in [2.45, 2.75) is 13.0 Å². The molecule has 0 saturated heterocycles. The van der Waals surface area contributed by atoms with Gasteiger partial charge in [0.15, 0.2) is 0 Å². The molecular formula is C12H13ClN4. The molecule has 0 aliphatic carbocycles. The largest absolute Gasteiger partial charge is 0.271 e. The molecule has 0 radical (unpaired) electrons. The normalized spacial score (nSPS) is 12.4. The maximum atomic E-state index is 5.85. The predicted octanol–water partition coefficient (Wildman–Crippen LogP) is 1.99. The van der Waals surface area contributed by atoms with Crippen LogP contribution in [0.2, 0.25) is 5.02 Å². The smallest absolute Gasteiger partial charge is 0.125 e.